The highest BCUT2D eigenvalue weighted by atomic mass is 32.1. The highest BCUT2D eigenvalue weighted by Crippen LogP contribution is 2.19. The van der Waals surface area contributed by atoms with E-state index in [1.54, 1.807) is 12.1 Å². The van der Waals surface area contributed by atoms with Crippen molar-refractivity contribution in [3.8, 4) is 11.5 Å². The lowest BCUT2D eigenvalue weighted by Gasteiger charge is -1.97. The van der Waals surface area contributed by atoms with Crippen LogP contribution in [0.2, 0.25) is 0 Å². The first-order valence-electron chi connectivity index (χ1n) is 3.56. The van der Waals surface area contributed by atoms with Crippen LogP contribution in [0.1, 0.15) is 0 Å². The Morgan fingerprint density at radius 1 is 1.54 bits per heavy atom. The average molecular weight is 196 g/mol. The number of hydrogen-bond acceptors (Lipinski definition) is 3. The summed E-state index contributed by atoms with van der Waals surface area (Å²) in [7, 11) is 0. The van der Waals surface area contributed by atoms with Gasteiger partial charge < -0.3 is 9.40 Å². The van der Waals surface area contributed by atoms with E-state index >= 15 is 0 Å². The first-order chi connectivity index (χ1) is 6.29. The van der Waals surface area contributed by atoms with Crippen LogP contribution in [0.4, 0.5) is 4.39 Å². The molecule has 13 heavy (non-hydrogen) atoms. The Bertz CT molecular complexity index is 463. The maximum atomic E-state index is 13.3. The molecule has 0 aromatic carbocycles. The third-order valence-electron chi connectivity index (χ3n) is 1.57. The second kappa shape index (κ2) is 3.10. The zero-order valence-electron chi connectivity index (χ0n) is 6.45. The van der Waals surface area contributed by atoms with Crippen molar-refractivity contribution in [1.29, 1.82) is 0 Å². The monoisotopic (exact) mass is 196 g/mol. The van der Waals surface area contributed by atoms with E-state index in [2.05, 4.69) is 22.2 Å². The van der Waals surface area contributed by atoms with Crippen molar-refractivity contribution in [3.63, 3.8) is 0 Å². The van der Waals surface area contributed by atoms with E-state index in [9.17, 15) is 4.39 Å². The summed E-state index contributed by atoms with van der Waals surface area (Å²) in [5.74, 6) is -0.154. The van der Waals surface area contributed by atoms with E-state index in [0.717, 1.165) is 0 Å². The van der Waals surface area contributed by atoms with Crippen LogP contribution >= 0.6 is 12.2 Å². The van der Waals surface area contributed by atoms with Crippen molar-refractivity contribution in [1.82, 2.24) is 9.97 Å². The maximum absolute atomic E-state index is 13.3. The van der Waals surface area contributed by atoms with Crippen LogP contribution in [-0.4, -0.2) is 9.97 Å². The van der Waals surface area contributed by atoms with Crippen LogP contribution < -0.4 is 0 Å². The molecule has 2 rings (SSSR count). The van der Waals surface area contributed by atoms with Crippen molar-refractivity contribution < 1.29 is 8.81 Å². The van der Waals surface area contributed by atoms with Gasteiger partial charge in [0.25, 0.3) is 0 Å². The Morgan fingerprint density at radius 3 is 3.08 bits per heavy atom. The number of hydrogen-bond donors (Lipinski definition) is 1. The molecule has 1 N–H and O–H groups in total. The fourth-order valence-electron chi connectivity index (χ4n) is 0.983. The van der Waals surface area contributed by atoms with Crippen molar-refractivity contribution in [3.05, 3.63) is 35.2 Å². The quantitative estimate of drug-likeness (QED) is 0.712. The highest BCUT2D eigenvalue weighted by Gasteiger charge is 2.08. The molecule has 0 radical (unpaired) electrons. The van der Waals surface area contributed by atoms with Gasteiger partial charge >= 0.3 is 0 Å². The fraction of sp³-hybridized carbons (Fsp3) is 0. The van der Waals surface area contributed by atoms with Gasteiger partial charge in [-0.15, -0.1) is 0 Å². The van der Waals surface area contributed by atoms with Crippen molar-refractivity contribution in [2.24, 2.45) is 0 Å². The number of aromatic nitrogens is 2. The number of nitrogens with zero attached hydrogens (tertiary/aromatic N) is 1. The summed E-state index contributed by atoms with van der Waals surface area (Å²) in [5.41, 5.74) is 0.227. The molecular weight excluding hydrogens is 191 g/mol. The summed E-state index contributed by atoms with van der Waals surface area (Å²) < 4.78 is 18.3. The molecule has 0 amide bonds. The molecule has 0 atom stereocenters. The van der Waals surface area contributed by atoms with Crippen LogP contribution in [0.3, 0.4) is 0 Å². The number of aromatic amines is 1. The van der Waals surface area contributed by atoms with E-state index in [4.69, 9.17) is 4.42 Å². The van der Waals surface area contributed by atoms with E-state index in [-0.39, 0.29) is 10.3 Å². The van der Waals surface area contributed by atoms with Crippen LogP contribution in [0.25, 0.3) is 11.5 Å². The minimum atomic E-state index is -0.563. The molecule has 66 valence electrons. The minimum absolute atomic E-state index is 0.0647. The Balaban J connectivity index is 2.66. The normalized spacial score (nSPS) is 10.2. The zero-order valence-corrected chi connectivity index (χ0v) is 7.27. The third kappa shape index (κ3) is 1.38. The predicted molar refractivity (Wildman–Crippen MR) is 47.1 cm³/mol. The van der Waals surface area contributed by atoms with Gasteiger partial charge in [-0.25, -0.2) is 9.37 Å². The molecule has 0 bridgehead atoms. The fourth-order valence-corrected chi connectivity index (χ4v) is 1.14. The predicted octanol–water partition coefficient (Wildman–Crippen LogP) is 2.54. The lowest BCUT2D eigenvalue weighted by atomic mass is 10.3. The average Bonchev–Trinajstić information content (AvgIpc) is 2.62. The third-order valence-corrected chi connectivity index (χ3v) is 1.85. The SMILES string of the molecule is Fc1c(-c2ccco2)[nH]cnc1=S. The van der Waals surface area contributed by atoms with Crippen LogP contribution in [-0.2, 0) is 0 Å². The molecular formula is C8H5FN2OS. The molecule has 0 aliphatic rings. The summed E-state index contributed by atoms with van der Waals surface area (Å²) in [6, 6.07) is 3.32. The zero-order chi connectivity index (χ0) is 9.26. The summed E-state index contributed by atoms with van der Waals surface area (Å²) >= 11 is 4.67. The highest BCUT2D eigenvalue weighted by molar-refractivity contribution is 7.71. The Labute approximate surface area is 78.2 Å². The van der Waals surface area contributed by atoms with E-state index < -0.39 is 5.82 Å². The number of nitrogens with one attached hydrogen (secondary N) is 1. The number of rotatable bonds is 1. The van der Waals surface area contributed by atoms with Crippen LogP contribution in [0.15, 0.2) is 29.1 Å². The van der Waals surface area contributed by atoms with Crippen molar-refractivity contribution >= 4 is 12.2 Å². The van der Waals surface area contributed by atoms with Gasteiger partial charge in [0.15, 0.2) is 16.2 Å². The molecule has 0 saturated heterocycles. The van der Waals surface area contributed by atoms with Gasteiger partial charge in [0, 0.05) is 0 Å². The van der Waals surface area contributed by atoms with Gasteiger partial charge in [0.1, 0.15) is 5.69 Å². The number of furan rings is 1. The van der Waals surface area contributed by atoms with Gasteiger partial charge in [0.05, 0.1) is 12.6 Å². The molecule has 3 nitrogen and oxygen atoms in total. The standard InChI is InChI=1S/C8H5FN2OS/c9-6-7(5-2-1-3-12-5)10-4-11-8(6)13/h1-4H,(H,10,11,13). The molecule has 0 fully saturated rings. The molecule has 5 heteroatoms. The summed E-state index contributed by atoms with van der Waals surface area (Å²) in [6.07, 6.45) is 2.80. The van der Waals surface area contributed by atoms with Crippen molar-refractivity contribution in [2.45, 2.75) is 0 Å². The number of halogens is 1. The largest absolute Gasteiger partial charge is 0.463 e. The Morgan fingerprint density at radius 2 is 2.38 bits per heavy atom. The van der Waals surface area contributed by atoms with Gasteiger partial charge in [-0.05, 0) is 12.1 Å². The lowest BCUT2D eigenvalue weighted by molar-refractivity contribution is 0.560. The summed E-state index contributed by atoms with van der Waals surface area (Å²) in [4.78, 5) is 6.23. The topological polar surface area (TPSA) is 41.8 Å². The van der Waals surface area contributed by atoms with Crippen LogP contribution in [0, 0.1) is 10.5 Å². The molecule has 0 aliphatic heterocycles. The lowest BCUT2D eigenvalue weighted by Crippen LogP contribution is -1.90. The maximum Gasteiger partial charge on any atom is 0.187 e. The molecule has 0 saturated carbocycles. The summed E-state index contributed by atoms with van der Waals surface area (Å²) in [6.45, 7) is 0. The van der Waals surface area contributed by atoms with Gasteiger partial charge in [0.2, 0.25) is 0 Å². The smallest absolute Gasteiger partial charge is 0.187 e. The molecule has 0 aliphatic carbocycles. The molecule has 2 heterocycles. The summed E-state index contributed by atoms with van der Waals surface area (Å²) in [5, 5.41) is 0. The second-order valence-electron chi connectivity index (χ2n) is 2.37. The first kappa shape index (κ1) is 8.12. The Hall–Kier alpha value is -1.49. The van der Waals surface area contributed by atoms with Crippen LogP contribution in [0.5, 0.6) is 0 Å². The van der Waals surface area contributed by atoms with E-state index in [1.807, 2.05) is 0 Å². The Kier molecular flexibility index (Phi) is 1.94. The molecule has 2 aromatic rings. The first-order valence-corrected chi connectivity index (χ1v) is 3.97. The van der Waals surface area contributed by atoms with Gasteiger partial charge in [-0.2, -0.15) is 0 Å². The minimum Gasteiger partial charge on any atom is -0.463 e. The molecule has 0 spiro atoms. The number of H-pyrrole nitrogens is 1. The van der Waals surface area contributed by atoms with Crippen molar-refractivity contribution in [2.75, 3.05) is 0 Å². The molecule has 2 aromatic heterocycles. The van der Waals surface area contributed by atoms with E-state index in [0.29, 0.717) is 5.76 Å². The second-order valence-corrected chi connectivity index (χ2v) is 2.76. The van der Waals surface area contributed by atoms with Gasteiger partial charge in [-0.1, -0.05) is 12.2 Å². The molecule has 0 unspecified atom stereocenters. The van der Waals surface area contributed by atoms with Gasteiger partial charge in [-0.3, -0.25) is 0 Å². The van der Waals surface area contributed by atoms with E-state index in [1.165, 1.54) is 12.6 Å².